The fourth-order valence-corrected chi connectivity index (χ4v) is 34.2. The minimum atomic E-state index is -2.45. The van der Waals surface area contributed by atoms with Gasteiger partial charge >= 0.3 is 59.9 Å². The molecule has 0 aromatic carbocycles. The number of aliphatic hydroxyl groups is 2. The van der Waals surface area contributed by atoms with Crippen molar-refractivity contribution in [1.82, 2.24) is 34.3 Å². The molecule has 14 rings (SSSR count). The highest BCUT2D eigenvalue weighted by Crippen LogP contribution is 2.33. The van der Waals surface area contributed by atoms with Crippen LogP contribution < -0.4 is 0 Å². The van der Waals surface area contributed by atoms with Gasteiger partial charge in [0.25, 0.3) is 0 Å². The summed E-state index contributed by atoms with van der Waals surface area (Å²) in [7, 11) is 2.41. The van der Waals surface area contributed by atoms with E-state index in [0.717, 1.165) is 415 Å². The van der Waals surface area contributed by atoms with Crippen LogP contribution in [0.15, 0.2) is 0 Å². The van der Waals surface area contributed by atoms with Crippen molar-refractivity contribution in [2.45, 2.75) is 303 Å². The molecule has 0 amide bonds. The molecule has 14 heterocycles. The summed E-state index contributed by atoms with van der Waals surface area (Å²) in [6.07, 6.45) is 20.2. The van der Waals surface area contributed by atoms with E-state index in [9.17, 15) is 10.2 Å². The Morgan fingerprint density at radius 2 is 0.343 bits per heavy atom. The first-order chi connectivity index (χ1) is 69.4. The van der Waals surface area contributed by atoms with Gasteiger partial charge in [-0.05, 0) is 226 Å². The summed E-state index contributed by atoms with van der Waals surface area (Å²) in [5.41, 5.74) is 0. The molecule has 2 N–H and O–H groups in total. The Morgan fingerprint density at radius 1 is 0.196 bits per heavy atom. The smallest absolute Gasteiger partial charge is 0.365 e. The first-order valence-corrected chi connectivity index (χ1v) is 72.2. The molecule has 14 aliphatic heterocycles. The SMILES string of the molecule is CCO[Si](C)(CCCN(C1CCOC1)C1CCOC1)OCC.CCO[Si](C)(CCN(C1CCOC1)C1CCOC1)OCC.CO[Si](C)(CCCN(C1CCOC1)C1CCOC1)OC.CO[Si](C)(CCCN(C1CCOC1)C1CCOC1)OC.CO[Si](C)(CCN(C1CCOC1)C1CCOC1)OC.CO[Si](CO)(CCCN(C1CCOC1)C1CCOC1)OC.CO[Si](CO)(CCN(C1CCOC1)C1CCOC1)OC. The van der Waals surface area contributed by atoms with Gasteiger partial charge in [-0.3, -0.25) is 34.3 Å². The van der Waals surface area contributed by atoms with E-state index in [1.165, 1.54) is 0 Å². The highest BCUT2D eigenvalue weighted by Gasteiger charge is 2.46. The zero-order valence-corrected chi connectivity index (χ0v) is 99.7. The highest BCUT2D eigenvalue weighted by molar-refractivity contribution is 6.68. The van der Waals surface area contributed by atoms with Gasteiger partial charge in [-0.2, -0.15) is 0 Å². The number of nitrogens with zero attached hydrogens (tertiary/aromatic N) is 7. The predicted molar refractivity (Wildman–Crippen MR) is 569 cm³/mol. The normalized spacial score (nSPS) is 27.3. The molecule has 0 bridgehead atoms. The first kappa shape index (κ1) is 128. The van der Waals surface area contributed by atoms with Gasteiger partial charge in [0.1, 0.15) is 0 Å². The molecule has 844 valence electrons. The van der Waals surface area contributed by atoms with E-state index in [-0.39, 0.29) is 12.5 Å². The summed E-state index contributed by atoms with van der Waals surface area (Å²) in [6.45, 7) is 53.5. The van der Waals surface area contributed by atoms with E-state index in [1.807, 2.05) is 0 Å². The second-order valence-corrected chi connectivity index (χ2v) is 65.5. The lowest BCUT2D eigenvalue weighted by Crippen LogP contribution is -2.51. The fraction of sp³-hybridized carbons (Fsp3) is 1.00. The van der Waals surface area contributed by atoms with Gasteiger partial charge in [0, 0.05) is 312 Å². The molecule has 0 aromatic heterocycles. The number of rotatable bonds is 59. The topological polar surface area (TPSA) is 322 Å². The summed E-state index contributed by atoms with van der Waals surface area (Å²) in [6, 6.07) is 14.2. The zero-order chi connectivity index (χ0) is 103. The molecule has 14 aliphatic rings. The molecule has 37 nitrogen and oxygen atoms in total. The molecule has 14 atom stereocenters. The van der Waals surface area contributed by atoms with Crippen molar-refractivity contribution in [2.24, 2.45) is 0 Å². The molecule has 0 saturated carbocycles. The third-order valence-electron chi connectivity index (χ3n) is 32.1. The Morgan fingerprint density at radius 3 is 0.503 bits per heavy atom. The largest absolute Gasteiger partial charge is 0.398 e. The fourth-order valence-electron chi connectivity index (χ4n) is 22.3. The van der Waals surface area contributed by atoms with Gasteiger partial charge in [0.15, 0.2) is 0 Å². The molecule has 14 unspecified atom stereocenters. The van der Waals surface area contributed by atoms with E-state index in [4.69, 9.17) is 128 Å². The molecule has 143 heavy (non-hydrogen) atoms. The van der Waals surface area contributed by atoms with Gasteiger partial charge in [-0.25, -0.2) is 0 Å². The lowest BCUT2D eigenvalue weighted by molar-refractivity contribution is 0.0921. The quantitative estimate of drug-likeness (QED) is 0.0535. The second kappa shape index (κ2) is 71.3. The molecule has 0 aromatic rings. The van der Waals surface area contributed by atoms with Gasteiger partial charge in [0.05, 0.1) is 105 Å². The van der Waals surface area contributed by atoms with E-state index in [0.29, 0.717) is 84.6 Å². The van der Waals surface area contributed by atoms with Crippen LogP contribution in [-0.4, -0.2) is 530 Å². The van der Waals surface area contributed by atoms with Crippen LogP contribution in [0.5, 0.6) is 0 Å². The van der Waals surface area contributed by atoms with Crippen LogP contribution in [0, 0.1) is 0 Å². The Labute approximate surface area is 871 Å². The summed E-state index contributed by atoms with van der Waals surface area (Å²) >= 11 is 0. The number of hydrogen-bond donors (Lipinski definition) is 2. The van der Waals surface area contributed by atoms with Crippen molar-refractivity contribution in [3.8, 4) is 0 Å². The number of aliphatic hydroxyl groups excluding tert-OH is 2. The van der Waals surface area contributed by atoms with Crippen LogP contribution >= 0.6 is 0 Å². The van der Waals surface area contributed by atoms with Crippen molar-refractivity contribution in [2.75, 3.05) is 341 Å². The average molecular weight is 2170 g/mol. The van der Waals surface area contributed by atoms with Crippen LogP contribution in [0.3, 0.4) is 0 Å². The minimum absolute atomic E-state index is 0.00380. The Balaban J connectivity index is 0.000000204. The third-order valence-corrected chi connectivity index (χ3v) is 53.0. The predicted octanol–water partition coefficient (Wildman–Crippen LogP) is 9.54. The molecular weight excluding hydrogens is 1960 g/mol. The van der Waals surface area contributed by atoms with E-state index >= 15 is 0 Å². The van der Waals surface area contributed by atoms with E-state index < -0.39 is 59.9 Å². The molecule has 0 spiro atoms. The number of ether oxygens (including phenoxy) is 14. The van der Waals surface area contributed by atoms with Gasteiger partial charge < -0.3 is 138 Å². The van der Waals surface area contributed by atoms with Crippen molar-refractivity contribution in [3.05, 3.63) is 0 Å². The minimum Gasteiger partial charge on any atom is -0.398 e. The molecule has 44 heteroatoms. The van der Waals surface area contributed by atoms with Crippen LogP contribution in [-0.2, 0) is 128 Å². The summed E-state index contributed by atoms with van der Waals surface area (Å²) in [4.78, 5) is 18.1. The standard InChI is InChI=1S/C16H33NO4Si.C15H31NO4Si.C14H29NO5Si.2C14H29NO4Si.C13H27NO5Si.C13H27NO4Si/c1-4-20-22(3,21-5-2)12-6-9-17(15-7-10-18-13-15)16-8-11-19-14-16;1-4-19-21(3,20-5-2)11-8-16(14-6-9-17-12-14)15-7-10-18-13-15;1-17-21(12-16,18-2)9-3-6-15(13-4-7-19-10-13)14-5-8-20-11-14;2*1-16-20(3,17-2)10-4-7-15(13-5-8-18-11-13)14-6-9-19-12-14;1-16-20(11-15,17-2)8-5-14(12-3-6-18-9-12)13-4-7-19-10-13;1-15-19(3,16-2)9-6-14(12-4-7-17-10-12)13-5-8-18-11-13/h15-16H,4-14H2,1-3H3;14-15H,4-13H2,1-3H3;13-14,16H,3-12H2,1-2H3;2*13-14H,4-12H2,1-3H3;12-13,15H,3-11H2,1-2H3;12-13H,4-11H2,1-3H3. The summed E-state index contributed by atoms with van der Waals surface area (Å²) in [5, 5.41) is 19.1. The molecule has 14 fully saturated rings. The Bertz CT molecular complexity index is 2910. The molecule has 0 radical (unpaired) electrons. The van der Waals surface area contributed by atoms with Crippen LogP contribution in [0.25, 0.3) is 0 Å². The van der Waals surface area contributed by atoms with Gasteiger partial charge in [-0.15, -0.1) is 0 Å². The highest BCUT2D eigenvalue weighted by atomic mass is 28.4. The molecule has 0 aliphatic carbocycles. The van der Waals surface area contributed by atoms with Crippen molar-refractivity contribution in [3.63, 3.8) is 0 Å². The van der Waals surface area contributed by atoms with E-state index in [2.05, 4.69) is 94.7 Å². The maximum absolute atomic E-state index is 9.56. The van der Waals surface area contributed by atoms with Crippen LogP contribution in [0.4, 0.5) is 0 Å². The monoisotopic (exact) mass is 2170 g/mol. The second-order valence-electron chi connectivity index (χ2n) is 41.2. The van der Waals surface area contributed by atoms with Gasteiger partial charge in [-0.1, -0.05) is 0 Å². The summed E-state index contributed by atoms with van der Waals surface area (Å²) < 4.78 is 157. The average Bonchev–Trinajstić information content (AvgIpc) is 1.75. The number of hydrogen-bond acceptors (Lipinski definition) is 37. The van der Waals surface area contributed by atoms with Crippen molar-refractivity contribution < 1.29 is 138 Å². The third kappa shape index (κ3) is 43.8. The van der Waals surface area contributed by atoms with Crippen molar-refractivity contribution in [1.29, 1.82) is 0 Å². The lowest BCUT2D eigenvalue weighted by Gasteiger charge is -2.35. The maximum atomic E-state index is 9.56. The van der Waals surface area contributed by atoms with Crippen molar-refractivity contribution >= 4 is 59.9 Å². The van der Waals surface area contributed by atoms with Gasteiger partial charge in [0.2, 0.25) is 0 Å². The van der Waals surface area contributed by atoms with Crippen LogP contribution in [0.1, 0.15) is 143 Å². The Hall–Kier alpha value is 0.0382. The van der Waals surface area contributed by atoms with Crippen LogP contribution in [0.2, 0.25) is 75.0 Å². The van der Waals surface area contributed by atoms with E-state index in [1.54, 1.807) is 71.1 Å². The lowest BCUT2D eigenvalue weighted by atomic mass is 10.1. The molecular formula is C99H205N7O30Si7. The Kier molecular flexibility index (Phi) is 63.9. The molecule has 14 saturated heterocycles. The maximum Gasteiger partial charge on any atom is 0.365 e. The summed E-state index contributed by atoms with van der Waals surface area (Å²) in [5.74, 6) is 0. The first-order valence-electron chi connectivity index (χ1n) is 55.1. The zero-order valence-electron chi connectivity index (χ0n) is 92.7.